The molecule has 0 saturated carbocycles. The van der Waals surface area contributed by atoms with Gasteiger partial charge in [0.1, 0.15) is 5.82 Å². The van der Waals surface area contributed by atoms with Crippen LogP contribution in [0.5, 0.6) is 0 Å². The third-order valence-corrected chi connectivity index (χ3v) is 4.36. The third kappa shape index (κ3) is 3.98. The molecular weight excluding hydrogens is 335 g/mol. The van der Waals surface area contributed by atoms with E-state index in [2.05, 4.69) is 5.10 Å². The maximum absolute atomic E-state index is 13.9. The van der Waals surface area contributed by atoms with Gasteiger partial charge in [-0.2, -0.15) is 5.10 Å². The first-order chi connectivity index (χ1) is 11.1. The molecule has 0 spiro atoms. The molecule has 0 saturated heterocycles. The fourth-order valence-electron chi connectivity index (χ4n) is 2.14. The highest BCUT2D eigenvalue weighted by molar-refractivity contribution is 7.89. The molecule has 9 heteroatoms. The maximum Gasteiger partial charge on any atom is 0.256 e. The van der Waals surface area contributed by atoms with Gasteiger partial charge in [0.15, 0.2) is 0 Å². The number of carbonyl (C=O) groups excluding carboxylic acids is 1. The Bertz CT molecular complexity index is 861. The number of benzene rings is 1. The average Bonchev–Trinajstić information content (AvgIpc) is 2.94. The first-order valence-corrected chi connectivity index (χ1v) is 8.75. The molecular formula is C15H19FN4O3S. The van der Waals surface area contributed by atoms with Crippen molar-refractivity contribution in [2.24, 2.45) is 5.14 Å². The molecule has 24 heavy (non-hydrogen) atoms. The van der Waals surface area contributed by atoms with Crippen molar-refractivity contribution in [2.75, 3.05) is 7.05 Å². The smallest absolute Gasteiger partial charge is 0.256 e. The van der Waals surface area contributed by atoms with Crippen molar-refractivity contribution in [3.8, 4) is 0 Å². The Kier molecular flexibility index (Phi) is 5.05. The van der Waals surface area contributed by atoms with Crippen LogP contribution in [0.25, 0.3) is 0 Å². The molecule has 0 aliphatic carbocycles. The fraction of sp³-hybridized carbons (Fsp3) is 0.333. The van der Waals surface area contributed by atoms with E-state index in [0.29, 0.717) is 0 Å². The summed E-state index contributed by atoms with van der Waals surface area (Å²) in [6.07, 6.45) is 3.42. The van der Waals surface area contributed by atoms with Crippen LogP contribution >= 0.6 is 0 Å². The quantitative estimate of drug-likeness (QED) is 0.880. The van der Waals surface area contributed by atoms with Gasteiger partial charge in [-0.25, -0.2) is 17.9 Å². The normalized spacial score (nSPS) is 11.8. The second-order valence-corrected chi connectivity index (χ2v) is 7.33. The Labute approximate surface area is 139 Å². The number of nitrogens with two attached hydrogens (primary N) is 1. The number of aromatic nitrogens is 2. The predicted octanol–water partition coefficient (Wildman–Crippen LogP) is 1.52. The maximum atomic E-state index is 13.9. The van der Waals surface area contributed by atoms with Crippen LogP contribution in [-0.4, -0.2) is 36.1 Å². The lowest BCUT2D eigenvalue weighted by atomic mass is 10.2. The molecule has 0 fully saturated rings. The Morgan fingerprint density at radius 2 is 2.08 bits per heavy atom. The number of hydrogen-bond donors (Lipinski definition) is 1. The number of halogens is 1. The standard InChI is InChI=1S/C15H19FN4O3S/c1-10(2)20-9-11(7-18-20)8-19(3)15(21)13-6-12(24(17,22)23)4-5-14(13)16/h4-7,9-10H,8H2,1-3H3,(H2,17,22,23). The molecule has 1 heterocycles. The van der Waals surface area contributed by atoms with E-state index in [1.807, 2.05) is 13.8 Å². The van der Waals surface area contributed by atoms with E-state index in [4.69, 9.17) is 5.14 Å². The van der Waals surface area contributed by atoms with Crippen LogP contribution in [0.3, 0.4) is 0 Å². The zero-order chi connectivity index (χ0) is 18.1. The van der Waals surface area contributed by atoms with Crippen molar-refractivity contribution in [1.29, 1.82) is 0 Å². The van der Waals surface area contributed by atoms with Crippen molar-refractivity contribution < 1.29 is 17.6 Å². The second kappa shape index (κ2) is 6.70. The average molecular weight is 354 g/mol. The topological polar surface area (TPSA) is 98.3 Å². The second-order valence-electron chi connectivity index (χ2n) is 5.77. The molecule has 0 atom stereocenters. The van der Waals surface area contributed by atoms with Gasteiger partial charge >= 0.3 is 0 Å². The molecule has 7 nitrogen and oxygen atoms in total. The molecule has 0 radical (unpaired) electrons. The third-order valence-electron chi connectivity index (χ3n) is 3.45. The van der Waals surface area contributed by atoms with Gasteiger partial charge in [-0.1, -0.05) is 0 Å². The summed E-state index contributed by atoms with van der Waals surface area (Å²) in [4.78, 5) is 13.4. The van der Waals surface area contributed by atoms with Gasteiger partial charge in [-0.05, 0) is 32.0 Å². The van der Waals surface area contributed by atoms with Gasteiger partial charge in [-0.3, -0.25) is 9.48 Å². The number of carbonyl (C=O) groups is 1. The summed E-state index contributed by atoms with van der Waals surface area (Å²) in [5.74, 6) is -1.45. The highest BCUT2D eigenvalue weighted by Crippen LogP contribution is 2.17. The minimum atomic E-state index is -4.02. The molecule has 130 valence electrons. The Morgan fingerprint density at radius 3 is 2.62 bits per heavy atom. The van der Waals surface area contributed by atoms with Crippen LogP contribution in [0.15, 0.2) is 35.5 Å². The van der Waals surface area contributed by atoms with E-state index in [0.717, 1.165) is 23.8 Å². The first-order valence-electron chi connectivity index (χ1n) is 7.20. The lowest BCUT2D eigenvalue weighted by Gasteiger charge is -2.17. The highest BCUT2D eigenvalue weighted by Gasteiger charge is 2.20. The molecule has 2 N–H and O–H groups in total. The molecule has 0 aliphatic rings. The molecule has 2 rings (SSSR count). The number of nitrogens with zero attached hydrogens (tertiary/aromatic N) is 3. The number of primary sulfonamides is 1. The zero-order valence-corrected chi connectivity index (χ0v) is 14.4. The predicted molar refractivity (Wildman–Crippen MR) is 86.2 cm³/mol. The molecule has 0 aliphatic heterocycles. The summed E-state index contributed by atoms with van der Waals surface area (Å²) in [6, 6.07) is 3.07. The van der Waals surface area contributed by atoms with Crippen LogP contribution in [-0.2, 0) is 16.6 Å². The van der Waals surface area contributed by atoms with E-state index in [9.17, 15) is 17.6 Å². The summed E-state index contributed by atoms with van der Waals surface area (Å²) in [7, 11) is -2.52. The minimum absolute atomic E-state index is 0.184. The summed E-state index contributed by atoms with van der Waals surface area (Å²) in [5.41, 5.74) is 0.433. The van der Waals surface area contributed by atoms with Gasteiger partial charge < -0.3 is 4.90 Å². The van der Waals surface area contributed by atoms with Crippen LogP contribution in [0, 0.1) is 5.82 Å². The van der Waals surface area contributed by atoms with Gasteiger partial charge in [0.2, 0.25) is 10.0 Å². The number of sulfonamides is 1. The van der Waals surface area contributed by atoms with Crippen molar-refractivity contribution in [3.63, 3.8) is 0 Å². The van der Waals surface area contributed by atoms with E-state index < -0.39 is 21.7 Å². The number of rotatable bonds is 5. The lowest BCUT2D eigenvalue weighted by molar-refractivity contribution is 0.0780. The van der Waals surface area contributed by atoms with E-state index >= 15 is 0 Å². The van der Waals surface area contributed by atoms with E-state index in [1.165, 1.54) is 11.9 Å². The number of hydrogen-bond acceptors (Lipinski definition) is 4. The first kappa shape index (κ1) is 18.1. The van der Waals surface area contributed by atoms with Gasteiger partial charge in [0, 0.05) is 31.4 Å². The Hall–Kier alpha value is -2.26. The van der Waals surface area contributed by atoms with Crippen LogP contribution in [0.2, 0.25) is 0 Å². The van der Waals surface area contributed by atoms with Crippen molar-refractivity contribution in [3.05, 3.63) is 47.5 Å². The molecule has 1 aromatic heterocycles. The van der Waals surface area contributed by atoms with Crippen LogP contribution in [0.1, 0.15) is 35.8 Å². The molecule has 2 aromatic rings. The minimum Gasteiger partial charge on any atom is -0.337 e. The summed E-state index contributed by atoms with van der Waals surface area (Å²) in [5, 5.41) is 9.19. The van der Waals surface area contributed by atoms with Gasteiger partial charge in [0.05, 0.1) is 16.7 Å². The molecule has 0 unspecified atom stereocenters. The summed E-state index contributed by atoms with van der Waals surface area (Å²) < 4.78 is 38.4. The van der Waals surface area contributed by atoms with Gasteiger partial charge in [-0.15, -0.1) is 0 Å². The summed E-state index contributed by atoms with van der Waals surface area (Å²) >= 11 is 0. The largest absolute Gasteiger partial charge is 0.337 e. The summed E-state index contributed by atoms with van der Waals surface area (Å²) in [6.45, 7) is 4.16. The monoisotopic (exact) mass is 354 g/mol. The number of amides is 1. The van der Waals surface area contributed by atoms with Crippen LogP contribution in [0.4, 0.5) is 4.39 Å². The molecule has 0 bridgehead atoms. The fourth-order valence-corrected chi connectivity index (χ4v) is 2.68. The lowest BCUT2D eigenvalue weighted by Crippen LogP contribution is -2.27. The van der Waals surface area contributed by atoms with Gasteiger partial charge in [0.25, 0.3) is 5.91 Å². The van der Waals surface area contributed by atoms with Crippen molar-refractivity contribution >= 4 is 15.9 Å². The van der Waals surface area contributed by atoms with Crippen molar-refractivity contribution in [1.82, 2.24) is 14.7 Å². The Morgan fingerprint density at radius 1 is 1.42 bits per heavy atom. The zero-order valence-electron chi connectivity index (χ0n) is 13.6. The molecule has 1 aromatic carbocycles. The van der Waals surface area contributed by atoms with E-state index in [-0.39, 0.29) is 23.0 Å². The molecule has 1 amide bonds. The van der Waals surface area contributed by atoms with E-state index in [1.54, 1.807) is 17.1 Å². The Balaban J connectivity index is 2.24. The van der Waals surface area contributed by atoms with Crippen LogP contribution < -0.4 is 5.14 Å². The SMILES string of the molecule is CC(C)n1cc(CN(C)C(=O)c2cc(S(N)(=O)=O)ccc2F)cn1. The van der Waals surface area contributed by atoms with Crippen molar-refractivity contribution in [2.45, 2.75) is 31.3 Å². The highest BCUT2D eigenvalue weighted by atomic mass is 32.2.